The molecule has 1 aromatic rings. The number of aliphatic hydroxyl groups excluding tert-OH is 1. The number of hydrogen-bond acceptors (Lipinski definition) is 5. The molecule has 0 amide bonds. The van der Waals surface area contributed by atoms with Crippen molar-refractivity contribution in [3.63, 3.8) is 0 Å². The Labute approximate surface area is 126 Å². The minimum atomic E-state index is 0.0973. The van der Waals surface area contributed by atoms with Gasteiger partial charge < -0.3 is 24.4 Å². The van der Waals surface area contributed by atoms with E-state index in [9.17, 15) is 0 Å². The average Bonchev–Trinajstić information content (AvgIpc) is 2.50. The second-order valence-electron chi connectivity index (χ2n) is 4.70. The van der Waals surface area contributed by atoms with E-state index in [0.717, 1.165) is 44.6 Å². The van der Waals surface area contributed by atoms with Gasteiger partial charge in [-0.25, -0.2) is 0 Å². The van der Waals surface area contributed by atoms with Crippen LogP contribution in [0.25, 0.3) is 0 Å². The largest absolute Gasteiger partial charge is 0.508 e. The van der Waals surface area contributed by atoms with E-state index in [-0.39, 0.29) is 12.4 Å². The Balaban J connectivity index is 1.81. The standard InChI is InChI=1S/C16H26O5/c17-9-12-19-10-3-1-2-4-11-20-13-14-21-16-7-5-15(18)6-8-16/h5-8,17-18H,1-4,9-14H2. The maximum absolute atomic E-state index is 9.13. The summed E-state index contributed by atoms with van der Waals surface area (Å²) in [6, 6.07) is 6.66. The maximum atomic E-state index is 9.13. The number of rotatable bonds is 13. The minimum Gasteiger partial charge on any atom is -0.508 e. The first-order chi connectivity index (χ1) is 10.3. The van der Waals surface area contributed by atoms with Gasteiger partial charge in [0.05, 0.1) is 19.8 Å². The van der Waals surface area contributed by atoms with Crippen LogP contribution in [0.4, 0.5) is 0 Å². The first-order valence-electron chi connectivity index (χ1n) is 7.51. The molecule has 5 heteroatoms. The van der Waals surface area contributed by atoms with Gasteiger partial charge in [0.25, 0.3) is 0 Å². The zero-order valence-corrected chi connectivity index (χ0v) is 12.5. The lowest BCUT2D eigenvalue weighted by Gasteiger charge is -2.07. The van der Waals surface area contributed by atoms with E-state index in [4.69, 9.17) is 24.4 Å². The van der Waals surface area contributed by atoms with Gasteiger partial charge >= 0.3 is 0 Å². The molecule has 0 radical (unpaired) electrons. The van der Waals surface area contributed by atoms with Crippen LogP contribution >= 0.6 is 0 Å². The normalized spacial score (nSPS) is 10.7. The van der Waals surface area contributed by atoms with Gasteiger partial charge in [0.2, 0.25) is 0 Å². The van der Waals surface area contributed by atoms with E-state index >= 15 is 0 Å². The summed E-state index contributed by atoms with van der Waals surface area (Å²) in [5, 5.41) is 17.7. The number of phenols is 1. The van der Waals surface area contributed by atoms with Crippen LogP contribution in [0.5, 0.6) is 11.5 Å². The lowest BCUT2D eigenvalue weighted by Crippen LogP contribution is -2.07. The number of aliphatic hydroxyl groups is 1. The first kappa shape index (κ1) is 17.8. The van der Waals surface area contributed by atoms with Gasteiger partial charge in [-0.1, -0.05) is 12.8 Å². The number of hydrogen-bond donors (Lipinski definition) is 2. The summed E-state index contributed by atoms with van der Waals surface area (Å²) in [6.07, 6.45) is 4.32. The molecule has 1 rings (SSSR count). The highest BCUT2D eigenvalue weighted by molar-refractivity contribution is 5.29. The van der Waals surface area contributed by atoms with Crippen LogP contribution in [-0.2, 0) is 9.47 Å². The molecule has 0 aliphatic rings. The Kier molecular flexibility index (Phi) is 10.5. The molecule has 0 unspecified atom stereocenters. The molecule has 0 atom stereocenters. The first-order valence-corrected chi connectivity index (χ1v) is 7.51. The molecule has 0 saturated carbocycles. The smallest absolute Gasteiger partial charge is 0.119 e. The predicted octanol–water partition coefficient (Wildman–Crippen LogP) is 2.36. The predicted molar refractivity (Wildman–Crippen MR) is 80.8 cm³/mol. The summed E-state index contributed by atoms with van der Waals surface area (Å²) in [4.78, 5) is 0. The van der Waals surface area contributed by atoms with Gasteiger partial charge in [-0.15, -0.1) is 0 Å². The maximum Gasteiger partial charge on any atom is 0.119 e. The van der Waals surface area contributed by atoms with Crippen LogP contribution in [0.15, 0.2) is 24.3 Å². The van der Waals surface area contributed by atoms with Crippen molar-refractivity contribution in [2.45, 2.75) is 25.7 Å². The van der Waals surface area contributed by atoms with Crippen molar-refractivity contribution in [1.29, 1.82) is 0 Å². The van der Waals surface area contributed by atoms with Gasteiger partial charge in [0.15, 0.2) is 0 Å². The SMILES string of the molecule is OCCOCCCCCCOCCOc1ccc(O)cc1. The molecule has 0 bridgehead atoms. The van der Waals surface area contributed by atoms with Gasteiger partial charge in [0, 0.05) is 13.2 Å². The van der Waals surface area contributed by atoms with Crippen molar-refractivity contribution in [3.05, 3.63) is 24.3 Å². The Morgan fingerprint density at radius 1 is 0.714 bits per heavy atom. The Morgan fingerprint density at radius 2 is 1.33 bits per heavy atom. The van der Waals surface area contributed by atoms with E-state index in [0.29, 0.717) is 19.8 Å². The number of ether oxygens (including phenoxy) is 3. The quantitative estimate of drug-likeness (QED) is 0.547. The van der Waals surface area contributed by atoms with E-state index in [1.165, 1.54) is 0 Å². The molecule has 0 saturated heterocycles. The number of phenolic OH excluding ortho intramolecular Hbond substituents is 1. The van der Waals surface area contributed by atoms with Gasteiger partial charge in [-0.05, 0) is 37.1 Å². The minimum absolute atomic E-state index is 0.0973. The summed E-state index contributed by atoms with van der Waals surface area (Å²) in [7, 11) is 0. The Bertz CT molecular complexity index is 339. The summed E-state index contributed by atoms with van der Waals surface area (Å²) < 4.78 is 16.1. The molecule has 0 spiro atoms. The van der Waals surface area contributed by atoms with Gasteiger partial charge in [-0.2, -0.15) is 0 Å². The molecule has 0 aliphatic carbocycles. The van der Waals surface area contributed by atoms with E-state index in [1.807, 2.05) is 0 Å². The molecule has 120 valence electrons. The third-order valence-electron chi connectivity index (χ3n) is 2.90. The number of benzene rings is 1. The highest BCUT2D eigenvalue weighted by Crippen LogP contribution is 2.15. The molecule has 0 aliphatic heterocycles. The molecule has 0 aromatic heterocycles. The fourth-order valence-electron chi connectivity index (χ4n) is 1.79. The summed E-state index contributed by atoms with van der Waals surface area (Å²) in [5.41, 5.74) is 0. The van der Waals surface area contributed by atoms with Gasteiger partial charge in [-0.3, -0.25) is 0 Å². The third kappa shape index (κ3) is 10.1. The number of unbranched alkanes of at least 4 members (excludes halogenated alkanes) is 3. The average molecular weight is 298 g/mol. The fraction of sp³-hybridized carbons (Fsp3) is 0.625. The number of aromatic hydroxyl groups is 1. The van der Waals surface area contributed by atoms with Crippen molar-refractivity contribution in [1.82, 2.24) is 0 Å². The van der Waals surface area contributed by atoms with Crippen molar-refractivity contribution in [3.8, 4) is 11.5 Å². The summed E-state index contributed by atoms with van der Waals surface area (Å²) in [6.45, 7) is 3.09. The van der Waals surface area contributed by atoms with Crippen molar-refractivity contribution >= 4 is 0 Å². The van der Waals surface area contributed by atoms with Crippen molar-refractivity contribution in [2.24, 2.45) is 0 Å². The molecule has 21 heavy (non-hydrogen) atoms. The van der Waals surface area contributed by atoms with Crippen LogP contribution in [-0.4, -0.2) is 49.9 Å². The Hall–Kier alpha value is -1.30. The molecule has 5 nitrogen and oxygen atoms in total. The van der Waals surface area contributed by atoms with E-state index < -0.39 is 0 Å². The lowest BCUT2D eigenvalue weighted by atomic mass is 10.2. The van der Waals surface area contributed by atoms with Crippen molar-refractivity contribution < 1.29 is 24.4 Å². The fourth-order valence-corrected chi connectivity index (χ4v) is 1.79. The van der Waals surface area contributed by atoms with E-state index in [2.05, 4.69) is 0 Å². The molecule has 0 fully saturated rings. The highest BCUT2D eigenvalue weighted by Gasteiger charge is 1.95. The zero-order valence-electron chi connectivity index (χ0n) is 12.5. The third-order valence-corrected chi connectivity index (χ3v) is 2.90. The van der Waals surface area contributed by atoms with Crippen molar-refractivity contribution in [2.75, 3.05) is 39.6 Å². The van der Waals surface area contributed by atoms with Crippen LogP contribution in [0.2, 0.25) is 0 Å². The highest BCUT2D eigenvalue weighted by atomic mass is 16.5. The molecule has 0 heterocycles. The van der Waals surface area contributed by atoms with Crippen LogP contribution in [0, 0.1) is 0 Å². The lowest BCUT2D eigenvalue weighted by molar-refractivity contribution is 0.0861. The molecule has 1 aromatic carbocycles. The topological polar surface area (TPSA) is 68.2 Å². The second-order valence-corrected chi connectivity index (χ2v) is 4.70. The van der Waals surface area contributed by atoms with E-state index in [1.54, 1.807) is 24.3 Å². The van der Waals surface area contributed by atoms with Gasteiger partial charge in [0.1, 0.15) is 18.1 Å². The second kappa shape index (κ2) is 12.4. The Morgan fingerprint density at radius 3 is 1.95 bits per heavy atom. The van der Waals surface area contributed by atoms with Crippen LogP contribution < -0.4 is 4.74 Å². The molecular formula is C16H26O5. The monoisotopic (exact) mass is 298 g/mol. The van der Waals surface area contributed by atoms with Crippen LogP contribution in [0.1, 0.15) is 25.7 Å². The summed E-state index contributed by atoms with van der Waals surface area (Å²) >= 11 is 0. The molecule has 2 N–H and O–H groups in total. The molecular weight excluding hydrogens is 272 g/mol. The summed E-state index contributed by atoms with van der Waals surface area (Å²) in [5.74, 6) is 0.972. The zero-order chi connectivity index (χ0) is 15.2. The van der Waals surface area contributed by atoms with Crippen LogP contribution in [0.3, 0.4) is 0 Å².